The lowest BCUT2D eigenvalue weighted by Gasteiger charge is -2.18. The molecular weight excluding hydrogens is 228 g/mol. The van der Waals surface area contributed by atoms with Crippen LogP contribution in [0.15, 0.2) is 18.3 Å². The molecule has 0 radical (unpaired) electrons. The van der Waals surface area contributed by atoms with Crippen LogP contribution in [0.5, 0.6) is 5.88 Å². The van der Waals surface area contributed by atoms with Crippen molar-refractivity contribution in [1.82, 2.24) is 10.3 Å². The van der Waals surface area contributed by atoms with Gasteiger partial charge in [0.05, 0.1) is 7.11 Å². The van der Waals surface area contributed by atoms with Crippen LogP contribution in [0.3, 0.4) is 0 Å². The Morgan fingerprint density at radius 2 is 2.28 bits per heavy atom. The van der Waals surface area contributed by atoms with Crippen LogP contribution in [0.1, 0.15) is 24.8 Å². The van der Waals surface area contributed by atoms with Gasteiger partial charge in [0.25, 0.3) is 0 Å². The van der Waals surface area contributed by atoms with E-state index in [4.69, 9.17) is 4.74 Å². The van der Waals surface area contributed by atoms with Crippen molar-refractivity contribution in [3.63, 3.8) is 0 Å². The third-order valence-corrected chi connectivity index (χ3v) is 3.82. The van der Waals surface area contributed by atoms with E-state index in [1.165, 1.54) is 19.3 Å². The van der Waals surface area contributed by atoms with Crippen LogP contribution in [0.2, 0.25) is 0 Å². The van der Waals surface area contributed by atoms with Gasteiger partial charge in [0.15, 0.2) is 0 Å². The van der Waals surface area contributed by atoms with Crippen molar-refractivity contribution in [1.29, 1.82) is 0 Å². The minimum absolute atomic E-state index is 0.322. The Morgan fingerprint density at radius 3 is 3.06 bits per heavy atom. The highest BCUT2D eigenvalue weighted by Gasteiger charge is 2.25. The van der Waals surface area contributed by atoms with Crippen molar-refractivity contribution < 1.29 is 9.84 Å². The number of pyridine rings is 1. The molecule has 1 fully saturated rings. The molecule has 0 bridgehead atoms. The molecule has 2 N–H and O–H groups in total. The zero-order valence-electron chi connectivity index (χ0n) is 10.9. The van der Waals surface area contributed by atoms with Crippen molar-refractivity contribution in [2.45, 2.75) is 25.8 Å². The summed E-state index contributed by atoms with van der Waals surface area (Å²) < 4.78 is 5.22. The molecule has 1 heterocycles. The Balaban J connectivity index is 1.81. The Bertz CT molecular complexity index is 371. The average Bonchev–Trinajstić information content (AvgIpc) is 2.87. The summed E-state index contributed by atoms with van der Waals surface area (Å²) in [6.45, 7) is 2.05. The van der Waals surface area contributed by atoms with E-state index in [1.807, 2.05) is 12.1 Å². The molecule has 2 atom stereocenters. The molecule has 100 valence electrons. The number of hydrogen-bond donors (Lipinski definition) is 2. The summed E-state index contributed by atoms with van der Waals surface area (Å²) >= 11 is 0. The number of aromatic nitrogens is 1. The van der Waals surface area contributed by atoms with Crippen molar-refractivity contribution in [3.8, 4) is 5.88 Å². The molecule has 4 nitrogen and oxygen atoms in total. The summed E-state index contributed by atoms with van der Waals surface area (Å²) in [4.78, 5) is 4.18. The summed E-state index contributed by atoms with van der Waals surface area (Å²) in [5.74, 6) is 1.78. The molecule has 0 amide bonds. The van der Waals surface area contributed by atoms with Gasteiger partial charge in [-0.15, -0.1) is 0 Å². The van der Waals surface area contributed by atoms with E-state index in [0.29, 0.717) is 24.3 Å². The van der Waals surface area contributed by atoms with Crippen LogP contribution in [-0.4, -0.2) is 30.4 Å². The second-order valence-electron chi connectivity index (χ2n) is 4.94. The van der Waals surface area contributed by atoms with Crippen molar-refractivity contribution >= 4 is 0 Å². The molecule has 2 unspecified atom stereocenters. The lowest BCUT2D eigenvalue weighted by atomic mass is 9.97. The molecule has 0 aliphatic heterocycles. The molecule has 1 aromatic rings. The molecule has 4 heteroatoms. The summed E-state index contributed by atoms with van der Waals surface area (Å²) in [5, 5.41) is 12.7. The van der Waals surface area contributed by atoms with Gasteiger partial charge < -0.3 is 15.2 Å². The maximum absolute atomic E-state index is 9.28. The standard InChI is InChI=1S/C14H22N2O2/c1-18-14-12(6-3-7-16-14)9-15-8-11-4-2-5-13(11)10-17/h3,6-7,11,13,15,17H,2,4-5,8-10H2,1H3. The molecule has 1 aliphatic rings. The summed E-state index contributed by atoms with van der Waals surface area (Å²) in [6.07, 6.45) is 5.37. The molecule has 2 rings (SSSR count). The molecule has 1 aliphatic carbocycles. The van der Waals surface area contributed by atoms with Crippen molar-refractivity contribution in [2.75, 3.05) is 20.3 Å². The Labute approximate surface area is 108 Å². The second kappa shape index (κ2) is 6.71. The van der Waals surface area contributed by atoms with E-state index in [0.717, 1.165) is 18.7 Å². The lowest BCUT2D eigenvalue weighted by molar-refractivity contribution is 0.192. The van der Waals surface area contributed by atoms with Crippen molar-refractivity contribution in [3.05, 3.63) is 23.9 Å². The third kappa shape index (κ3) is 3.21. The number of aliphatic hydroxyl groups is 1. The largest absolute Gasteiger partial charge is 0.481 e. The maximum Gasteiger partial charge on any atom is 0.217 e. The molecule has 1 aromatic heterocycles. The smallest absolute Gasteiger partial charge is 0.217 e. The van der Waals surface area contributed by atoms with Crippen LogP contribution in [0, 0.1) is 11.8 Å². The number of aliphatic hydroxyl groups excluding tert-OH is 1. The quantitative estimate of drug-likeness (QED) is 0.805. The van der Waals surface area contributed by atoms with E-state index in [9.17, 15) is 5.11 Å². The zero-order valence-corrected chi connectivity index (χ0v) is 10.9. The maximum atomic E-state index is 9.28. The molecule has 1 saturated carbocycles. The number of hydrogen-bond acceptors (Lipinski definition) is 4. The van der Waals surface area contributed by atoms with Gasteiger partial charge in [-0.25, -0.2) is 4.98 Å². The fraction of sp³-hybridized carbons (Fsp3) is 0.643. The second-order valence-corrected chi connectivity index (χ2v) is 4.94. The first-order valence-corrected chi connectivity index (χ1v) is 6.64. The Morgan fingerprint density at radius 1 is 1.44 bits per heavy atom. The van der Waals surface area contributed by atoms with Gasteiger partial charge in [0, 0.05) is 24.9 Å². The summed E-state index contributed by atoms with van der Waals surface area (Å²) in [5.41, 5.74) is 1.08. The SMILES string of the molecule is COc1ncccc1CNCC1CCCC1CO. The van der Waals surface area contributed by atoms with Gasteiger partial charge in [-0.05, 0) is 37.3 Å². The van der Waals surface area contributed by atoms with E-state index in [1.54, 1.807) is 13.3 Å². The third-order valence-electron chi connectivity index (χ3n) is 3.82. The van der Waals surface area contributed by atoms with Gasteiger partial charge in [0.1, 0.15) is 0 Å². The molecule has 0 spiro atoms. The fourth-order valence-electron chi connectivity index (χ4n) is 2.76. The van der Waals surface area contributed by atoms with Crippen LogP contribution in [0.25, 0.3) is 0 Å². The van der Waals surface area contributed by atoms with E-state index in [2.05, 4.69) is 10.3 Å². The number of nitrogens with zero attached hydrogens (tertiary/aromatic N) is 1. The topological polar surface area (TPSA) is 54.4 Å². The van der Waals surface area contributed by atoms with Gasteiger partial charge in [0.2, 0.25) is 5.88 Å². The number of methoxy groups -OCH3 is 1. The predicted octanol–water partition coefficient (Wildman–Crippen LogP) is 1.59. The van der Waals surface area contributed by atoms with Crippen LogP contribution >= 0.6 is 0 Å². The van der Waals surface area contributed by atoms with Crippen LogP contribution < -0.4 is 10.1 Å². The van der Waals surface area contributed by atoms with Crippen molar-refractivity contribution in [2.24, 2.45) is 11.8 Å². The van der Waals surface area contributed by atoms with Gasteiger partial charge in [-0.3, -0.25) is 0 Å². The monoisotopic (exact) mass is 250 g/mol. The number of nitrogens with one attached hydrogen (secondary N) is 1. The summed E-state index contributed by atoms with van der Waals surface area (Å²) in [7, 11) is 1.64. The zero-order chi connectivity index (χ0) is 12.8. The normalized spacial score (nSPS) is 23.2. The van der Waals surface area contributed by atoms with Gasteiger partial charge >= 0.3 is 0 Å². The highest BCUT2D eigenvalue weighted by atomic mass is 16.5. The summed E-state index contributed by atoms with van der Waals surface area (Å²) in [6, 6.07) is 3.95. The number of rotatable bonds is 6. The highest BCUT2D eigenvalue weighted by Crippen LogP contribution is 2.30. The van der Waals surface area contributed by atoms with Gasteiger partial charge in [-0.2, -0.15) is 0 Å². The minimum atomic E-state index is 0.322. The number of ether oxygens (including phenoxy) is 1. The van der Waals surface area contributed by atoms with Crippen LogP contribution in [0.4, 0.5) is 0 Å². The average molecular weight is 250 g/mol. The highest BCUT2D eigenvalue weighted by molar-refractivity contribution is 5.24. The minimum Gasteiger partial charge on any atom is -0.481 e. The first-order valence-electron chi connectivity index (χ1n) is 6.64. The molecule has 0 aromatic carbocycles. The molecule has 18 heavy (non-hydrogen) atoms. The Kier molecular flexibility index (Phi) is 4.96. The van der Waals surface area contributed by atoms with E-state index < -0.39 is 0 Å². The lowest BCUT2D eigenvalue weighted by Crippen LogP contribution is -2.26. The van der Waals surface area contributed by atoms with E-state index in [-0.39, 0.29) is 0 Å². The van der Waals surface area contributed by atoms with Gasteiger partial charge in [-0.1, -0.05) is 12.5 Å². The first-order chi connectivity index (χ1) is 8.85. The molecule has 0 saturated heterocycles. The Hall–Kier alpha value is -1.13. The molecular formula is C14H22N2O2. The van der Waals surface area contributed by atoms with E-state index >= 15 is 0 Å². The van der Waals surface area contributed by atoms with Crippen LogP contribution in [-0.2, 0) is 6.54 Å². The first kappa shape index (κ1) is 13.3. The predicted molar refractivity (Wildman–Crippen MR) is 70.4 cm³/mol. The fourth-order valence-corrected chi connectivity index (χ4v) is 2.76.